The molecule has 2 heterocycles. The molecule has 134 valence electrons. The summed E-state index contributed by atoms with van der Waals surface area (Å²) in [7, 11) is 0. The highest BCUT2D eigenvalue weighted by Gasteiger charge is 2.31. The number of benzene rings is 1. The van der Waals surface area contributed by atoms with Crippen LogP contribution < -0.4 is 9.64 Å². The molecule has 0 radical (unpaired) electrons. The molecule has 0 unspecified atom stereocenters. The largest absolute Gasteiger partial charge is 0.490 e. The fourth-order valence-electron chi connectivity index (χ4n) is 2.83. The maximum atomic E-state index is 12.6. The van der Waals surface area contributed by atoms with Gasteiger partial charge in [-0.1, -0.05) is 15.9 Å². The molecule has 1 fully saturated rings. The van der Waals surface area contributed by atoms with Gasteiger partial charge in [0.2, 0.25) is 0 Å². The molecule has 0 amide bonds. The van der Waals surface area contributed by atoms with Crippen LogP contribution in [-0.4, -0.2) is 24.2 Å². The van der Waals surface area contributed by atoms with Crippen molar-refractivity contribution >= 4 is 21.7 Å². The smallest absolute Gasteiger partial charge is 0.417 e. The van der Waals surface area contributed by atoms with Crippen molar-refractivity contribution in [2.45, 2.75) is 32.0 Å². The first-order valence-electron chi connectivity index (χ1n) is 8.04. The van der Waals surface area contributed by atoms with Gasteiger partial charge in [0.1, 0.15) is 17.7 Å². The van der Waals surface area contributed by atoms with Crippen molar-refractivity contribution in [1.29, 1.82) is 0 Å². The van der Waals surface area contributed by atoms with Crippen LogP contribution in [0.2, 0.25) is 0 Å². The van der Waals surface area contributed by atoms with Crippen molar-refractivity contribution in [3.63, 3.8) is 0 Å². The zero-order valence-corrected chi connectivity index (χ0v) is 15.3. The summed E-state index contributed by atoms with van der Waals surface area (Å²) in [5, 5.41) is 0. The molecule has 0 N–H and O–H groups in total. The number of anilines is 1. The second-order valence-electron chi connectivity index (χ2n) is 6.12. The van der Waals surface area contributed by atoms with Crippen molar-refractivity contribution in [2.75, 3.05) is 18.0 Å². The molecule has 1 saturated heterocycles. The van der Waals surface area contributed by atoms with Gasteiger partial charge in [-0.3, -0.25) is 0 Å². The Morgan fingerprint density at radius 1 is 1.16 bits per heavy atom. The van der Waals surface area contributed by atoms with E-state index in [0.717, 1.165) is 40.9 Å². The van der Waals surface area contributed by atoms with Gasteiger partial charge in [0, 0.05) is 36.6 Å². The number of alkyl halides is 3. The molecule has 25 heavy (non-hydrogen) atoms. The summed E-state index contributed by atoms with van der Waals surface area (Å²) < 4.78 is 44.9. The van der Waals surface area contributed by atoms with Crippen LogP contribution in [0, 0.1) is 6.92 Å². The Labute approximate surface area is 152 Å². The Bertz CT molecular complexity index is 726. The number of halogens is 4. The number of rotatable bonds is 3. The second-order valence-corrected chi connectivity index (χ2v) is 6.97. The van der Waals surface area contributed by atoms with Crippen LogP contribution in [0.15, 0.2) is 41.0 Å². The molecule has 3 rings (SSSR count). The minimum absolute atomic E-state index is 0.103. The topological polar surface area (TPSA) is 25.4 Å². The average molecular weight is 415 g/mol. The summed E-state index contributed by atoms with van der Waals surface area (Å²) >= 11 is 3.47. The van der Waals surface area contributed by atoms with Gasteiger partial charge in [-0.05, 0) is 42.8 Å². The predicted molar refractivity (Wildman–Crippen MR) is 94.0 cm³/mol. The van der Waals surface area contributed by atoms with Gasteiger partial charge in [-0.15, -0.1) is 0 Å². The molecular weight excluding hydrogens is 397 g/mol. The SMILES string of the molecule is Cc1cc(OC2CCN(c3ccc(C(F)(F)F)cn3)CC2)ccc1Br. The summed E-state index contributed by atoms with van der Waals surface area (Å²) in [5.74, 6) is 1.41. The third-order valence-corrected chi connectivity index (χ3v) is 5.16. The number of aromatic nitrogens is 1. The molecule has 3 nitrogen and oxygen atoms in total. The van der Waals surface area contributed by atoms with Gasteiger partial charge in [0.05, 0.1) is 5.56 Å². The molecule has 0 atom stereocenters. The van der Waals surface area contributed by atoms with E-state index < -0.39 is 11.7 Å². The first kappa shape index (κ1) is 18.0. The highest BCUT2D eigenvalue weighted by atomic mass is 79.9. The van der Waals surface area contributed by atoms with Crippen molar-refractivity contribution in [3.05, 3.63) is 52.1 Å². The Morgan fingerprint density at radius 3 is 2.44 bits per heavy atom. The molecule has 0 saturated carbocycles. The first-order valence-corrected chi connectivity index (χ1v) is 8.83. The van der Waals surface area contributed by atoms with E-state index >= 15 is 0 Å². The fourth-order valence-corrected chi connectivity index (χ4v) is 3.07. The molecular formula is C18H18BrF3N2O. The van der Waals surface area contributed by atoms with E-state index in [1.165, 1.54) is 6.07 Å². The third kappa shape index (κ3) is 4.45. The first-order chi connectivity index (χ1) is 11.8. The quantitative estimate of drug-likeness (QED) is 0.688. The van der Waals surface area contributed by atoms with E-state index in [1.54, 1.807) is 0 Å². The zero-order valence-electron chi connectivity index (χ0n) is 13.7. The summed E-state index contributed by atoms with van der Waals surface area (Å²) in [6.07, 6.45) is -1.75. The van der Waals surface area contributed by atoms with Gasteiger partial charge in [-0.25, -0.2) is 4.98 Å². The molecule has 0 aliphatic carbocycles. The lowest BCUT2D eigenvalue weighted by molar-refractivity contribution is -0.137. The molecule has 7 heteroatoms. The number of pyridine rings is 1. The predicted octanol–water partition coefficient (Wildman–Crippen LogP) is 5.22. The van der Waals surface area contributed by atoms with Crippen LogP contribution in [-0.2, 0) is 6.18 Å². The average Bonchev–Trinajstić information content (AvgIpc) is 2.58. The normalized spacial score (nSPS) is 16.1. The van der Waals surface area contributed by atoms with Gasteiger partial charge in [0.15, 0.2) is 0 Å². The molecule has 1 aliphatic heterocycles. The number of hydrogen-bond donors (Lipinski definition) is 0. The number of hydrogen-bond acceptors (Lipinski definition) is 3. The lowest BCUT2D eigenvalue weighted by Crippen LogP contribution is -2.38. The number of aryl methyl sites for hydroxylation is 1. The highest BCUT2D eigenvalue weighted by molar-refractivity contribution is 9.10. The van der Waals surface area contributed by atoms with Crippen molar-refractivity contribution in [1.82, 2.24) is 4.98 Å². The number of ether oxygens (including phenoxy) is 1. The Morgan fingerprint density at radius 2 is 1.88 bits per heavy atom. The molecule has 0 spiro atoms. The van der Waals surface area contributed by atoms with Gasteiger partial charge >= 0.3 is 6.18 Å². The molecule has 0 bridgehead atoms. The fraction of sp³-hybridized carbons (Fsp3) is 0.389. The monoisotopic (exact) mass is 414 g/mol. The van der Waals surface area contributed by atoms with Crippen LogP contribution in [0.3, 0.4) is 0 Å². The van der Waals surface area contributed by atoms with Gasteiger partial charge < -0.3 is 9.64 Å². The minimum Gasteiger partial charge on any atom is -0.490 e. The van der Waals surface area contributed by atoms with Crippen LogP contribution in [0.4, 0.5) is 19.0 Å². The summed E-state index contributed by atoms with van der Waals surface area (Å²) in [5.41, 5.74) is 0.393. The van der Waals surface area contributed by atoms with Crippen LogP contribution >= 0.6 is 15.9 Å². The number of piperidine rings is 1. The Kier molecular flexibility index (Phi) is 5.22. The van der Waals surface area contributed by atoms with Crippen molar-refractivity contribution in [3.8, 4) is 5.75 Å². The zero-order chi connectivity index (χ0) is 18.0. The standard InChI is InChI=1S/C18H18BrF3N2O/c1-12-10-15(3-4-16(12)19)25-14-6-8-24(9-7-14)17-5-2-13(11-23-17)18(20,21)22/h2-5,10-11,14H,6-9H2,1H3. The van der Waals surface area contributed by atoms with E-state index in [2.05, 4.69) is 20.9 Å². The lowest BCUT2D eigenvalue weighted by Gasteiger charge is -2.33. The molecule has 1 aliphatic rings. The third-order valence-electron chi connectivity index (χ3n) is 4.27. The summed E-state index contributed by atoms with van der Waals surface area (Å²) in [6, 6.07) is 8.40. The highest BCUT2D eigenvalue weighted by Crippen LogP contribution is 2.30. The van der Waals surface area contributed by atoms with Gasteiger partial charge in [0.25, 0.3) is 0 Å². The van der Waals surface area contributed by atoms with E-state index in [9.17, 15) is 13.2 Å². The maximum absolute atomic E-state index is 12.6. The van der Waals surface area contributed by atoms with E-state index in [1.807, 2.05) is 30.0 Å². The molecule has 2 aromatic rings. The van der Waals surface area contributed by atoms with E-state index in [-0.39, 0.29) is 6.10 Å². The summed E-state index contributed by atoms with van der Waals surface area (Å²) in [6.45, 7) is 3.42. The van der Waals surface area contributed by atoms with Crippen molar-refractivity contribution < 1.29 is 17.9 Å². The lowest BCUT2D eigenvalue weighted by atomic mass is 10.1. The van der Waals surface area contributed by atoms with Crippen molar-refractivity contribution in [2.24, 2.45) is 0 Å². The summed E-state index contributed by atoms with van der Waals surface area (Å²) in [4.78, 5) is 5.95. The Hall–Kier alpha value is -1.76. The molecule has 1 aromatic carbocycles. The maximum Gasteiger partial charge on any atom is 0.417 e. The second kappa shape index (κ2) is 7.23. The number of nitrogens with zero attached hydrogens (tertiary/aromatic N) is 2. The van der Waals surface area contributed by atoms with Crippen LogP contribution in [0.25, 0.3) is 0 Å². The van der Waals surface area contributed by atoms with Gasteiger partial charge in [-0.2, -0.15) is 13.2 Å². The van der Waals surface area contributed by atoms with Crippen LogP contribution in [0.1, 0.15) is 24.0 Å². The molecule has 1 aromatic heterocycles. The van der Waals surface area contributed by atoms with Crippen LogP contribution in [0.5, 0.6) is 5.75 Å². The van der Waals surface area contributed by atoms with E-state index in [0.29, 0.717) is 18.9 Å². The Balaban J connectivity index is 1.57. The van der Waals surface area contributed by atoms with E-state index in [4.69, 9.17) is 4.74 Å². The minimum atomic E-state index is -4.35.